The Bertz CT molecular complexity index is 1180. The minimum atomic E-state index is -0.382. The number of pyridine rings is 1. The molecule has 3 N–H and O–H groups in total. The van der Waals surface area contributed by atoms with E-state index in [4.69, 9.17) is 11.6 Å². The normalized spacial score (nSPS) is 17.6. The van der Waals surface area contributed by atoms with Crippen LogP contribution in [-0.2, 0) is 9.59 Å². The van der Waals surface area contributed by atoms with Gasteiger partial charge in [-0.15, -0.1) is 0 Å². The molecule has 0 atom stereocenters. The van der Waals surface area contributed by atoms with Gasteiger partial charge in [-0.1, -0.05) is 11.6 Å². The lowest BCUT2D eigenvalue weighted by molar-refractivity contribution is -0.124. The fourth-order valence-electron chi connectivity index (χ4n) is 3.25. The SMILES string of the molecule is O=C1C/C(=C\c2cnn3c(NCC4CC4)cc(Nc4ccc(Cl)nc4)nc23)C(=O)N1. The zero-order valence-electron chi connectivity index (χ0n) is 15.9. The summed E-state index contributed by atoms with van der Waals surface area (Å²) in [5.74, 6) is 1.37. The number of nitrogens with one attached hydrogen (secondary N) is 3. The number of nitrogens with zero attached hydrogens (tertiary/aromatic N) is 4. The number of fused-ring (bicyclic) bond motifs is 1. The second kappa shape index (κ2) is 7.42. The number of halogens is 1. The molecule has 0 spiro atoms. The average Bonchev–Trinajstić information content (AvgIpc) is 3.39. The summed E-state index contributed by atoms with van der Waals surface area (Å²) in [4.78, 5) is 32.2. The Kier molecular flexibility index (Phi) is 4.59. The standard InChI is InChI=1S/C20H18ClN7O2/c21-15-4-3-14(10-22-15)25-16-7-17(23-8-11-1-2-11)28-19(26-16)13(9-24-28)5-12-6-18(29)27-20(12)30/h3-5,7,9-11,23H,1-2,6,8H2,(H,25,26)(H,27,29,30)/b12-5+. The maximum Gasteiger partial charge on any atom is 0.254 e. The van der Waals surface area contributed by atoms with Crippen LogP contribution in [0.5, 0.6) is 0 Å². The van der Waals surface area contributed by atoms with E-state index in [9.17, 15) is 9.59 Å². The molecule has 1 aliphatic carbocycles. The first-order valence-electron chi connectivity index (χ1n) is 9.61. The van der Waals surface area contributed by atoms with Crippen molar-refractivity contribution in [3.8, 4) is 0 Å². The number of aromatic nitrogens is 4. The van der Waals surface area contributed by atoms with Gasteiger partial charge in [0.05, 0.1) is 24.5 Å². The number of rotatable bonds is 6. The van der Waals surface area contributed by atoms with Gasteiger partial charge in [-0.25, -0.2) is 9.97 Å². The van der Waals surface area contributed by atoms with Crippen LogP contribution in [0, 0.1) is 5.92 Å². The Hall–Kier alpha value is -3.46. The lowest BCUT2D eigenvalue weighted by Gasteiger charge is -2.12. The highest BCUT2D eigenvalue weighted by atomic mass is 35.5. The van der Waals surface area contributed by atoms with Crippen LogP contribution < -0.4 is 16.0 Å². The molecule has 3 aromatic heterocycles. The van der Waals surface area contributed by atoms with E-state index < -0.39 is 0 Å². The molecule has 3 aromatic rings. The van der Waals surface area contributed by atoms with Crippen molar-refractivity contribution in [1.29, 1.82) is 0 Å². The van der Waals surface area contributed by atoms with E-state index in [0.717, 1.165) is 18.1 Å². The van der Waals surface area contributed by atoms with E-state index in [0.29, 0.717) is 33.7 Å². The van der Waals surface area contributed by atoms with Gasteiger partial charge in [0.1, 0.15) is 16.8 Å². The van der Waals surface area contributed by atoms with Crippen molar-refractivity contribution in [1.82, 2.24) is 24.9 Å². The van der Waals surface area contributed by atoms with E-state index in [-0.39, 0.29) is 18.2 Å². The number of hydrogen-bond donors (Lipinski definition) is 3. The molecule has 4 heterocycles. The zero-order chi connectivity index (χ0) is 20.7. The first-order chi connectivity index (χ1) is 14.5. The third-order valence-corrected chi connectivity index (χ3v) is 5.22. The van der Waals surface area contributed by atoms with Gasteiger partial charge in [-0.2, -0.15) is 9.61 Å². The molecule has 0 radical (unpaired) electrons. The fraction of sp³-hybridized carbons (Fsp3) is 0.250. The van der Waals surface area contributed by atoms with Gasteiger partial charge in [-0.05, 0) is 37.0 Å². The second-order valence-electron chi connectivity index (χ2n) is 7.40. The molecule has 10 heteroatoms. The first kappa shape index (κ1) is 18.6. The van der Waals surface area contributed by atoms with Crippen LogP contribution in [0.2, 0.25) is 5.15 Å². The Morgan fingerprint density at radius 3 is 2.83 bits per heavy atom. The van der Waals surface area contributed by atoms with Gasteiger partial charge in [0.15, 0.2) is 5.65 Å². The highest BCUT2D eigenvalue weighted by molar-refractivity contribution is 6.29. The largest absolute Gasteiger partial charge is 0.370 e. The molecule has 1 saturated carbocycles. The lowest BCUT2D eigenvalue weighted by Crippen LogP contribution is -2.19. The molecule has 2 aliphatic rings. The number of imide groups is 1. The quantitative estimate of drug-likeness (QED) is 0.317. The van der Waals surface area contributed by atoms with Crippen LogP contribution in [-0.4, -0.2) is 37.9 Å². The molecule has 9 nitrogen and oxygen atoms in total. The zero-order valence-corrected chi connectivity index (χ0v) is 16.6. The summed E-state index contributed by atoms with van der Waals surface area (Å²) in [6, 6.07) is 5.38. The maximum atomic E-state index is 11.9. The molecule has 0 aromatic carbocycles. The Labute approximate surface area is 176 Å². The number of hydrogen-bond acceptors (Lipinski definition) is 7. The number of amides is 2. The van der Waals surface area contributed by atoms with Crippen molar-refractivity contribution in [3.05, 3.63) is 46.9 Å². The van der Waals surface area contributed by atoms with E-state index in [1.54, 1.807) is 29.1 Å². The minimum Gasteiger partial charge on any atom is -0.370 e. The smallest absolute Gasteiger partial charge is 0.254 e. The summed E-state index contributed by atoms with van der Waals surface area (Å²) in [7, 11) is 0. The highest BCUT2D eigenvalue weighted by Gasteiger charge is 2.25. The van der Waals surface area contributed by atoms with E-state index >= 15 is 0 Å². The average molecular weight is 424 g/mol. The van der Waals surface area contributed by atoms with Crippen molar-refractivity contribution in [3.63, 3.8) is 0 Å². The van der Waals surface area contributed by atoms with Crippen molar-refractivity contribution in [2.24, 2.45) is 5.92 Å². The Balaban J connectivity index is 1.54. The van der Waals surface area contributed by atoms with E-state index in [2.05, 4.69) is 31.0 Å². The van der Waals surface area contributed by atoms with Crippen LogP contribution in [0.3, 0.4) is 0 Å². The summed E-state index contributed by atoms with van der Waals surface area (Å²) in [5, 5.41) is 13.8. The predicted molar refractivity (Wildman–Crippen MR) is 112 cm³/mol. The second-order valence-corrected chi connectivity index (χ2v) is 7.79. The van der Waals surface area contributed by atoms with Crippen LogP contribution in [0.15, 0.2) is 36.2 Å². The summed E-state index contributed by atoms with van der Waals surface area (Å²) in [5.41, 5.74) is 2.36. The monoisotopic (exact) mass is 423 g/mol. The van der Waals surface area contributed by atoms with Crippen molar-refractivity contribution in [2.75, 3.05) is 17.2 Å². The van der Waals surface area contributed by atoms with Crippen LogP contribution in [0.4, 0.5) is 17.3 Å². The third kappa shape index (κ3) is 3.84. The summed E-state index contributed by atoms with van der Waals surface area (Å²) < 4.78 is 1.70. The molecule has 1 saturated heterocycles. The van der Waals surface area contributed by atoms with E-state index in [1.165, 1.54) is 12.8 Å². The van der Waals surface area contributed by atoms with E-state index in [1.807, 2.05) is 12.1 Å². The summed E-state index contributed by atoms with van der Waals surface area (Å²) in [6.07, 6.45) is 7.43. The molecule has 2 fully saturated rings. The molecule has 0 bridgehead atoms. The van der Waals surface area contributed by atoms with Gasteiger partial charge in [-0.3, -0.25) is 14.9 Å². The summed E-state index contributed by atoms with van der Waals surface area (Å²) in [6.45, 7) is 0.855. The molecule has 1 aliphatic heterocycles. The van der Waals surface area contributed by atoms with Gasteiger partial charge in [0.25, 0.3) is 5.91 Å². The predicted octanol–water partition coefficient (Wildman–Crippen LogP) is 2.77. The van der Waals surface area contributed by atoms with Crippen LogP contribution in [0.1, 0.15) is 24.8 Å². The number of carbonyl (C=O) groups is 2. The van der Waals surface area contributed by atoms with Crippen molar-refractivity contribution in [2.45, 2.75) is 19.3 Å². The fourth-order valence-corrected chi connectivity index (χ4v) is 3.36. The molecular formula is C20H18ClN7O2. The first-order valence-corrected chi connectivity index (χ1v) is 9.99. The molecule has 0 unspecified atom stereocenters. The molecular weight excluding hydrogens is 406 g/mol. The summed E-state index contributed by atoms with van der Waals surface area (Å²) >= 11 is 5.86. The molecule has 152 valence electrons. The number of carbonyl (C=O) groups excluding carboxylic acids is 2. The van der Waals surface area contributed by atoms with Gasteiger partial charge < -0.3 is 10.6 Å². The highest BCUT2D eigenvalue weighted by Crippen LogP contribution is 2.30. The Morgan fingerprint density at radius 1 is 1.27 bits per heavy atom. The Morgan fingerprint density at radius 2 is 2.13 bits per heavy atom. The van der Waals surface area contributed by atoms with Gasteiger partial charge in [0.2, 0.25) is 5.91 Å². The van der Waals surface area contributed by atoms with Crippen LogP contribution in [0.25, 0.3) is 11.7 Å². The minimum absolute atomic E-state index is 0.0529. The van der Waals surface area contributed by atoms with Crippen LogP contribution >= 0.6 is 11.6 Å². The molecule has 2 amide bonds. The van der Waals surface area contributed by atoms with Gasteiger partial charge >= 0.3 is 0 Å². The van der Waals surface area contributed by atoms with Crippen molar-refractivity contribution < 1.29 is 9.59 Å². The molecule has 30 heavy (non-hydrogen) atoms. The maximum absolute atomic E-state index is 11.9. The lowest BCUT2D eigenvalue weighted by atomic mass is 10.1. The third-order valence-electron chi connectivity index (χ3n) is 4.99. The van der Waals surface area contributed by atoms with Crippen molar-refractivity contribution >= 4 is 52.5 Å². The molecule has 5 rings (SSSR count). The number of anilines is 3. The van der Waals surface area contributed by atoms with Gasteiger partial charge in [0, 0.05) is 23.7 Å². The topological polar surface area (TPSA) is 113 Å².